The van der Waals surface area contributed by atoms with Crippen molar-refractivity contribution in [2.24, 2.45) is 17.8 Å². The molecular formula is C13H24ClN3. The highest BCUT2D eigenvalue weighted by molar-refractivity contribution is 6.18. The predicted molar refractivity (Wildman–Crippen MR) is 72.2 cm³/mol. The van der Waals surface area contributed by atoms with Gasteiger partial charge in [0.05, 0.1) is 0 Å². The van der Waals surface area contributed by atoms with Gasteiger partial charge in [-0.25, -0.2) is 9.67 Å². The normalized spacial score (nSPS) is 13.6. The maximum Gasteiger partial charge on any atom is 0.138 e. The van der Waals surface area contributed by atoms with E-state index >= 15 is 0 Å². The number of rotatable bonds is 7. The Morgan fingerprint density at radius 3 is 2.47 bits per heavy atom. The molecule has 1 rings (SSSR count). The van der Waals surface area contributed by atoms with Gasteiger partial charge in [0.1, 0.15) is 12.2 Å². The lowest BCUT2D eigenvalue weighted by molar-refractivity contribution is 0.408. The van der Waals surface area contributed by atoms with Gasteiger partial charge in [-0.05, 0) is 24.2 Å². The molecule has 3 nitrogen and oxygen atoms in total. The van der Waals surface area contributed by atoms with Gasteiger partial charge in [-0.2, -0.15) is 5.10 Å². The summed E-state index contributed by atoms with van der Waals surface area (Å²) in [5.41, 5.74) is 0. The Hall–Kier alpha value is -0.570. The van der Waals surface area contributed by atoms with E-state index in [9.17, 15) is 0 Å². The summed E-state index contributed by atoms with van der Waals surface area (Å²) in [6.45, 7) is 9.79. The smallest absolute Gasteiger partial charge is 0.138 e. The Bertz CT molecular complexity index is 320. The molecule has 0 amide bonds. The zero-order chi connectivity index (χ0) is 12.8. The van der Waals surface area contributed by atoms with Crippen LogP contribution in [0.4, 0.5) is 0 Å². The van der Waals surface area contributed by atoms with E-state index in [1.54, 1.807) is 6.33 Å². The third-order valence-corrected chi connectivity index (χ3v) is 3.16. The fraction of sp³-hybridized carbons (Fsp3) is 0.846. The third-order valence-electron chi connectivity index (χ3n) is 2.73. The van der Waals surface area contributed by atoms with Gasteiger partial charge < -0.3 is 0 Å². The van der Waals surface area contributed by atoms with Gasteiger partial charge in [0, 0.05) is 18.8 Å². The summed E-state index contributed by atoms with van der Waals surface area (Å²) in [7, 11) is 0. The number of alkyl halides is 1. The van der Waals surface area contributed by atoms with E-state index in [1.165, 1.54) is 0 Å². The van der Waals surface area contributed by atoms with Gasteiger partial charge in [-0.15, -0.1) is 11.6 Å². The number of hydrogen-bond acceptors (Lipinski definition) is 2. The Balaban J connectivity index is 2.62. The van der Waals surface area contributed by atoms with Crippen LogP contribution in [-0.2, 0) is 13.0 Å². The summed E-state index contributed by atoms with van der Waals surface area (Å²) in [6.07, 6.45) is 3.74. The lowest BCUT2D eigenvalue weighted by Crippen LogP contribution is -2.16. The summed E-state index contributed by atoms with van der Waals surface area (Å²) < 4.78 is 2.02. The van der Waals surface area contributed by atoms with Crippen molar-refractivity contribution in [2.45, 2.75) is 47.1 Å². The highest BCUT2D eigenvalue weighted by Crippen LogP contribution is 2.18. The van der Waals surface area contributed by atoms with Crippen molar-refractivity contribution in [3.05, 3.63) is 12.2 Å². The van der Waals surface area contributed by atoms with Crippen molar-refractivity contribution in [3.63, 3.8) is 0 Å². The summed E-state index contributed by atoms with van der Waals surface area (Å²) >= 11 is 6.03. The second kappa shape index (κ2) is 7.00. The topological polar surface area (TPSA) is 30.7 Å². The molecule has 0 saturated carbocycles. The average molecular weight is 258 g/mol. The fourth-order valence-electron chi connectivity index (χ4n) is 2.07. The first-order chi connectivity index (χ1) is 8.02. The second-order valence-electron chi connectivity index (χ2n) is 5.61. The third kappa shape index (κ3) is 5.07. The molecular weight excluding hydrogens is 234 g/mol. The number of hydrogen-bond donors (Lipinski definition) is 0. The van der Waals surface area contributed by atoms with Crippen LogP contribution >= 0.6 is 11.6 Å². The quantitative estimate of drug-likeness (QED) is 0.701. The van der Waals surface area contributed by atoms with Crippen LogP contribution in [0.2, 0.25) is 0 Å². The van der Waals surface area contributed by atoms with E-state index in [-0.39, 0.29) is 0 Å². The van der Waals surface area contributed by atoms with Crippen molar-refractivity contribution >= 4 is 11.6 Å². The molecule has 1 atom stereocenters. The standard InChI is InChI=1S/C13H24ClN3/c1-10(2)5-12(7-14)6-13-15-9-16-17(13)8-11(3)4/h9-12H,5-8H2,1-4H3. The molecule has 0 saturated heterocycles. The molecule has 0 bridgehead atoms. The molecule has 17 heavy (non-hydrogen) atoms. The first-order valence-electron chi connectivity index (χ1n) is 6.45. The molecule has 0 fully saturated rings. The molecule has 1 heterocycles. The van der Waals surface area contributed by atoms with Crippen molar-refractivity contribution in [2.75, 3.05) is 5.88 Å². The largest absolute Gasteiger partial charge is 0.250 e. The molecule has 0 aromatic carbocycles. The SMILES string of the molecule is CC(C)CC(CCl)Cc1ncnn1CC(C)C. The zero-order valence-corrected chi connectivity index (χ0v) is 12.1. The number of halogens is 1. The lowest BCUT2D eigenvalue weighted by Gasteiger charge is -2.16. The minimum Gasteiger partial charge on any atom is -0.250 e. The van der Waals surface area contributed by atoms with Crippen molar-refractivity contribution in [1.82, 2.24) is 14.8 Å². The van der Waals surface area contributed by atoms with Gasteiger partial charge in [0.2, 0.25) is 0 Å². The minimum atomic E-state index is 0.506. The molecule has 1 aromatic heterocycles. The first-order valence-corrected chi connectivity index (χ1v) is 6.99. The van der Waals surface area contributed by atoms with Gasteiger partial charge in [0.25, 0.3) is 0 Å². The van der Waals surface area contributed by atoms with Gasteiger partial charge in [-0.3, -0.25) is 0 Å². The van der Waals surface area contributed by atoms with E-state index in [0.29, 0.717) is 23.6 Å². The summed E-state index contributed by atoms with van der Waals surface area (Å²) in [5.74, 6) is 3.55. The van der Waals surface area contributed by atoms with Crippen LogP contribution in [0, 0.1) is 17.8 Å². The fourth-order valence-corrected chi connectivity index (χ4v) is 2.31. The van der Waals surface area contributed by atoms with E-state index in [2.05, 4.69) is 37.8 Å². The molecule has 98 valence electrons. The van der Waals surface area contributed by atoms with Crippen LogP contribution in [-0.4, -0.2) is 20.6 Å². The molecule has 1 aromatic rings. The predicted octanol–water partition coefficient (Wildman–Crippen LogP) is 3.38. The van der Waals surface area contributed by atoms with E-state index < -0.39 is 0 Å². The summed E-state index contributed by atoms with van der Waals surface area (Å²) in [6, 6.07) is 0. The van der Waals surface area contributed by atoms with Gasteiger partial charge in [-0.1, -0.05) is 27.7 Å². The maximum atomic E-state index is 6.03. The molecule has 0 aliphatic heterocycles. The lowest BCUT2D eigenvalue weighted by atomic mass is 9.95. The Kier molecular flexibility index (Phi) is 5.96. The van der Waals surface area contributed by atoms with Crippen molar-refractivity contribution in [1.29, 1.82) is 0 Å². The summed E-state index contributed by atoms with van der Waals surface area (Å²) in [5, 5.41) is 4.29. The second-order valence-corrected chi connectivity index (χ2v) is 5.91. The van der Waals surface area contributed by atoms with Crippen LogP contribution in [0.25, 0.3) is 0 Å². The number of aromatic nitrogens is 3. The highest BCUT2D eigenvalue weighted by Gasteiger charge is 2.15. The van der Waals surface area contributed by atoms with Crippen LogP contribution < -0.4 is 0 Å². The van der Waals surface area contributed by atoms with Gasteiger partial charge >= 0.3 is 0 Å². The first kappa shape index (κ1) is 14.5. The van der Waals surface area contributed by atoms with Crippen LogP contribution in [0.15, 0.2) is 6.33 Å². The Labute approximate surface area is 110 Å². The molecule has 4 heteroatoms. The molecule has 0 N–H and O–H groups in total. The molecule has 0 spiro atoms. The number of nitrogens with zero attached hydrogens (tertiary/aromatic N) is 3. The van der Waals surface area contributed by atoms with Crippen LogP contribution in [0.3, 0.4) is 0 Å². The average Bonchev–Trinajstić information content (AvgIpc) is 2.63. The highest BCUT2D eigenvalue weighted by atomic mass is 35.5. The van der Waals surface area contributed by atoms with Crippen molar-refractivity contribution in [3.8, 4) is 0 Å². The molecule has 0 aliphatic rings. The molecule has 0 radical (unpaired) electrons. The van der Waals surface area contributed by atoms with E-state index in [4.69, 9.17) is 11.6 Å². The zero-order valence-electron chi connectivity index (χ0n) is 11.4. The van der Waals surface area contributed by atoms with E-state index in [0.717, 1.165) is 25.2 Å². The Morgan fingerprint density at radius 2 is 1.94 bits per heavy atom. The Morgan fingerprint density at radius 1 is 1.24 bits per heavy atom. The maximum absolute atomic E-state index is 6.03. The molecule has 1 unspecified atom stereocenters. The van der Waals surface area contributed by atoms with E-state index in [1.807, 2.05) is 4.68 Å². The summed E-state index contributed by atoms with van der Waals surface area (Å²) in [4.78, 5) is 4.36. The monoisotopic (exact) mass is 257 g/mol. The van der Waals surface area contributed by atoms with Crippen LogP contribution in [0.5, 0.6) is 0 Å². The molecule has 0 aliphatic carbocycles. The van der Waals surface area contributed by atoms with Crippen molar-refractivity contribution < 1.29 is 0 Å². The van der Waals surface area contributed by atoms with Gasteiger partial charge in [0.15, 0.2) is 0 Å². The minimum absolute atomic E-state index is 0.506. The van der Waals surface area contributed by atoms with Crippen LogP contribution in [0.1, 0.15) is 39.9 Å².